The fourth-order valence-electron chi connectivity index (χ4n) is 1.50. The van der Waals surface area contributed by atoms with Crippen LogP contribution in [0.2, 0.25) is 0 Å². The number of nitrogens with zero attached hydrogens (tertiary/aromatic N) is 3. The molecule has 2 aromatic rings. The van der Waals surface area contributed by atoms with Gasteiger partial charge in [0, 0.05) is 18.2 Å². The highest BCUT2D eigenvalue weighted by Gasteiger charge is 2.17. The molecule has 0 amide bonds. The maximum Gasteiger partial charge on any atom is 0.355 e. The summed E-state index contributed by atoms with van der Waals surface area (Å²) in [6, 6.07) is 1.14. The highest BCUT2D eigenvalue weighted by Crippen LogP contribution is 2.27. The number of carboxylic acids is 1. The molecule has 0 unspecified atom stereocenters. The van der Waals surface area contributed by atoms with Crippen molar-refractivity contribution in [3.05, 3.63) is 34.1 Å². The Balaban J connectivity index is 2.43. The van der Waals surface area contributed by atoms with Gasteiger partial charge in [-0.2, -0.15) is 0 Å². The molecule has 0 saturated heterocycles. The summed E-state index contributed by atoms with van der Waals surface area (Å²) in [7, 11) is 0. The van der Waals surface area contributed by atoms with E-state index in [1.165, 1.54) is 6.20 Å². The first-order chi connectivity index (χ1) is 9.86. The number of H-pyrrole nitrogens is 1. The van der Waals surface area contributed by atoms with Crippen molar-refractivity contribution in [3.63, 3.8) is 0 Å². The van der Waals surface area contributed by atoms with Crippen LogP contribution in [0.25, 0.3) is 0 Å². The third-order valence-electron chi connectivity index (χ3n) is 2.44. The predicted molar refractivity (Wildman–Crippen MR) is 76.5 cm³/mol. The van der Waals surface area contributed by atoms with Gasteiger partial charge in [0.05, 0.1) is 4.90 Å². The SMILES string of the molecule is CC(C)c1ncc(Sc2nc(N)cc(=O)[nH]2)c(C(=O)O)n1. The maximum absolute atomic E-state index is 11.3. The first kappa shape index (κ1) is 15.0. The minimum atomic E-state index is -1.17. The molecular formula is C12H13N5O3S. The van der Waals surface area contributed by atoms with E-state index < -0.39 is 11.5 Å². The molecule has 2 rings (SSSR count). The lowest BCUT2D eigenvalue weighted by Crippen LogP contribution is -2.11. The van der Waals surface area contributed by atoms with E-state index in [-0.39, 0.29) is 27.5 Å². The van der Waals surface area contributed by atoms with Crippen LogP contribution in [0.15, 0.2) is 27.1 Å². The van der Waals surface area contributed by atoms with Gasteiger partial charge >= 0.3 is 5.97 Å². The Bertz CT molecular complexity index is 744. The third kappa shape index (κ3) is 3.57. The number of aromatic amines is 1. The van der Waals surface area contributed by atoms with Crippen molar-refractivity contribution in [2.24, 2.45) is 0 Å². The van der Waals surface area contributed by atoms with Gasteiger partial charge < -0.3 is 15.8 Å². The van der Waals surface area contributed by atoms with Gasteiger partial charge in [-0.05, 0) is 11.8 Å². The van der Waals surface area contributed by atoms with E-state index >= 15 is 0 Å². The molecule has 4 N–H and O–H groups in total. The van der Waals surface area contributed by atoms with E-state index in [9.17, 15) is 14.7 Å². The van der Waals surface area contributed by atoms with Crippen molar-refractivity contribution in [3.8, 4) is 0 Å². The van der Waals surface area contributed by atoms with Crippen molar-refractivity contribution in [2.45, 2.75) is 29.8 Å². The van der Waals surface area contributed by atoms with E-state index in [2.05, 4.69) is 19.9 Å². The summed E-state index contributed by atoms with van der Waals surface area (Å²) in [5.41, 5.74) is 4.93. The summed E-state index contributed by atoms with van der Waals surface area (Å²) in [4.78, 5) is 37.4. The monoisotopic (exact) mass is 307 g/mol. The Morgan fingerprint density at radius 3 is 2.71 bits per heavy atom. The number of carboxylic acid groups (broad SMARTS) is 1. The van der Waals surface area contributed by atoms with Gasteiger partial charge in [0.25, 0.3) is 5.56 Å². The second-order valence-corrected chi connectivity index (χ2v) is 5.51. The second kappa shape index (κ2) is 5.92. The molecule has 0 fully saturated rings. The van der Waals surface area contributed by atoms with Crippen molar-refractivity contribution in [2.75, 3.05) is 5.73 Å². The fourth-order valence-corrected chi connectivity index (χ4v) is 2.34. The number of aromatic carboxylic acids is 1. The quantitative estimate of drug-likeness (QED) is 0.715. The minimum Gasteiger partial charge on any atom is -0.476 e. The van der Waals surface area contributed by atoms with Crippen LogP contribution in [-0.2, 0) is 0 Å². The highest BCUT2D eigenvalue weighted by molar-refractivity contribution is 7.99. The molecular weight excluding hydrogens is 294 g/mol. The number of nitrogens with one attached hydrogen (secondary N) is 1. The molecule has 0 aliphatic heterocycles. The molecule has 0 atom stereocenters. The third-order valence-corrected chi connectivity index (χ3v) is 3.34. The van der Waals surface area contributed by atoms with Gasteiger partial charge in [0.1, 0.15) is 11.6 Å². The Kier molecular flexibility index (Phi) is 4.22. The largest absolute Gasteiger partial charge is 0.476 e. The van der Waals surface area contributed by atoms with Crippen LogP contribution in [0.5, 0.6) is 0 Å². The van der Waals surface area contributed by atoms with Gasteiger partial charge in [-0.25, -0.2) is 19.7 Å². The van der Waals surface area contributed by atoms with Crippen LogP contribution in [0, 0.1) is 0 Å². The highest BCUT2D eigenvalue weighted by atomic mass is 32.2. The van der Waals surface area contributed by atoms with Crippen LogP contribution in [-0.4, -0.2) is 31.0 Å². The van der Waals surface area contributed by atoms with E-state index in [1.807, 2.05) is 13.8 Å². The number of aromatic nitrogens is 4. The molecule has 9 heteroatoms. The van der Waals surface area contributed by atoms with Crippen molar-refractivity contribution >= 4 is 23.5 Å². The Morgan fingerprint density at radius 1 is 1.43 bits per heavy atom. The molecule has 0 bridgehead atoms. The maximum atomic E-state index is 11.3. The number of hydrogen-bond donors (Lipinski definition) is 3. The smallest absolute Gasteiger partial charge is 0.355 e. The second-order valence-electron chi connectivity index (χ2n) is 4.48. The summed E-state index contributed by atoms with van der Waals surface area (Å²) in [6.07, 6.45) is 1.40. The number of nitrogens with two attached hydrogens (primary N) is 1. The number of hydrogen-bond acceptors (Lipinski definition) is 7. The number of carbonyl (C=O) groups is 1. The topological polar surface area (TPSA) is 135 Å². The molecule has 0 aliphatic carbocycles. The van der Waals surface area contributed by atoms with E-state index in [1.54, 1.807) is 0 Å². The lowest BCUT2D eigenvalue weighted by Gasteiger charge is -2.08. The predicted octanol–water partition coefficient (Wildman–Crippen LogP) is 1.11. The first-order valence-corrected chi connectivity index (χ1v) is 6.83. The lowest BCUT2D eigenvalue weighted by atomic mass is 10.2. The van der Waals surface area contributed by atoms with Crippen LogP contribution in [0.1, 0.15) is 36.1 Å². The standard InChI is InChI=1S/C12H13N5O3S/c1-5(2)10-14-4-6(9(17-10)11(19)20)21-12-15-7(13)3-8(18)16-12/h3-5H,1-2H3,(H,19,20)(H3,13,15,16,18). The first-order valence-electron chi connectivity index (χ1n) is 6.01. The zero-order chi connectivity index (χ0) is 15.6. The van der Waals surface area contributed by atoms with Gasteiger partial charge in [0.15, 0.2) is 10.9 Å². The van der Waals surface area contributed by atoms with Crippen LogP contribution < -0.4 is 11.3 Å². The normalized spacial score (nSPS) is 10.8. The summed E-state index contributed by atoms with van der Waals surface area (Å²) in [6.45, 7) is 3.73. The summed E-state index contributed by atoms with van der Waals surface area (Å²) in [5.74, 6) is -0.677. The molecule has 8 nitrogen and oxygen atoms in total. The van der Waals surface area contributed by atoms with Crippen LogP contribution in [0.3, 0.4) is 0 Å². The number of anilines is 1. The van der Waals surface area contributed by atoms with Gasteiger partial charge in [-0.15, -0.1) is 0 Å². The molecule has 0 radical (unpaired) electrons. The molecule has 0 spiro atoms. The Labute approximate surface area is 123 Å². The van der Waals surface area contributed by atoms with Crippen molar-refractivity contribution < 1.29 is 9.90 Å². The summed E-state index contributed by atoms with van der Waals surface area (Å²) >= 11 is 0.939. The number of nitrogen functional groups attached to an aromatic ring is 1. The molecule has 2 heterocycles. The Hall–Kier alpha value is -2.42. The summed E-state index contributed by atoms with van der Waals surface area (Å²) in [5, 5.41) is 9.42. The number of rotatable bonds is 4. The molecule has 0 saturated carbocycles. The molecule has 21 heavy (non-hydrogen) atoms. The van der Waals surface area contributed by atoms with E-state index in [0.717, 1.165) is 17.8 Å². The zero-order valence-electron chi connectivity index (χ0n) is 11.3. The van der Waals surface area contributed by atoms with E-state index in [0.29, 0.717) is 5.82 Å². The van der Waals surface area contributed by atoms with Gasteiger partial charge in [-0.3, -0.25) is 4.79 Å². The van der Waals surface area contributed by atoms with Gasteiger partial charge in [0.2, 0.25) is 0 Å². The van der Waals surface area contributed by atoms with E-state index in [4.69, 9.17) is 5.73 Å². The summed E-state index contributed by atoms with van der Waals surface area (Å²) < 4.78 is 0. The molecule has 110 valence electrons. The van der Waals surface area contributed by atoms with Crippen LogP contribution in [0.4, 0.5) is 5.82 Å². The minimum absolute atomic E-state index is 0.00690. The lowest BCUT2D eigenvalue weighted by molar-refractivity contribution is 0.0685. The average Bonchev–Trinajstić information content (AvgIpc) is 2.37. The van der Waals surface area contributed by atoms with Gasteiger partial charge in [-0.1, -0.05) is 13.8 Å². The molecule has 0 aromatic carbocycles. The molecule has 0 aliphatic rings. The zero-order valence-corrected chi connectivity index (χ0v) is 12.1. The van der Waals surface area contributed by atoms with Crippen LogP contribution >= 0.6 is 11.8 Å². The average molecular weight is 307 g/mol. The van der Waals surface area contributed by atoms with Crippen molar-refractivity contribution in [1.29, 1.82) is 0 Å². The Morgan fingerprint density at radius 2 is 2.14 bits per heavy atom. The fraction of sp³-hybridized carbons (Fsp3) is 0.250. The van der Waals surface area contributed by atoms with Crippen molar-refractivity contribution in [1.82, 2.24) is 19.9 Å². The molecule has 2 aromatic heterocycles.